The number of nitrogens with one attached hydrogen (secondary N) is 2. The molecular weight excluding hydrogens is 286 g/mol. The van der Waals surface area contributed by atoms with Crippen LogP contribution in [0.4, 0.5) is 0 Å². The first-order valence-electron chi connectivity index (χ1n) is 6.61. The van der Waals surface area contributed by atoms with Gasteiger partial charge >= 0.3 is 0 Å². The lowest BCUT2D eigenvalue weighted by atomic mass is 10.3. The second kappa shape index (κ2) is 5.88. The molecule has 0 aliphatic carbocycles. The van der Waals surface area contributed by atoms with E-state index in [2.05, 4.69) is 10.5 Å². The minimum Gasteiger partial charge on any atom is -0.439 e. The van der Waals surface area contributed by atoms with E-state index in [1.54, 1.807) is 29.3 Å². The van der Waals surface area contributed by atoms with Gasteiger partial charge in [0, 0.05) is 19.3 Å². The van der Waals surface area contributed by atoms with E-state index in [1.807, 2.05) is 24.3 Å². The number of fused-ring (bicyclic) bond motifs is 1. The fourth-order valence-electron chi connectivity index (χ4n) is 2.09. The van der Waals surface area contributed by atoms with E-state index >= 15 is 0 Å². The van der Waals surface area contributed by atoms with Gasteiger partial charge in [0.2, 0.25) is 5.89 Å². The molecule has 0 saturated heterocycles. The molecule has 0 atom stereocenters. The van der Waals surface area contributed by atoms with Crippen LogP contribution in [-0.4, -0.2) is 33.2 Å². The first kappa shape index (κ1) is 14.1. The van der Waals surface area contributed by atoms with Crippen molar-refractivity contribution in [3.63, 3.8) is 0 Å². The van der Waals surface area contributed by atoms with Crippen LogP contribution in [-0.2, 0) is 11.3 Å². The summed E-state index contributed by atoms with van der Waals surface area (Å²) in [4.78, 5) is 15.4. The van der Waals surface area contributed by atoms with Crippen LogP contribution >= 0.6 is 0 Å². The van der Waals surface area contributed by atoms with E-state index in [0.717, 1.165) is 16.8 Å². The summed E-state index contributed by atoms with van der Waals surface area (Å²) in [5.41, 5.74) is 6.91. The highest BCUT2D eigenvalue weighted by Crippen LogP contribution is 2.18. The molecule has 1 amide bonds. The van der Waals surface area contributed by atoms with Crippen molar-refractivity contribution >= 4 is 17.0 Å². The predicted molar refractivity (Wildman–Crippen MR) is 77.6 cm³/mol. The molecule has 0 radical (unpaired) electrons. The number of amides is 1. The summed E-state index contributed by atoms with van der Waals surface area (Å²) in [5.74, 6) is -0.0108. The molecule has 1 aromatic heterocycles. The van der Waals surface area contributed by atoms with Crippen molar-refractivity contribution in [3.05, 3.63) is 54.2 Å². The number of hydroxylamine groups is 1. The Bertz CT molecular complexity index is 719. The number of benzene rings is 1. The van der Waals surface area contributed by atoms with Gasteiger partial charge in [-0.2, -0.15) is 0 Å². The van der Waals surface area contributed by atoms with Gasteiger partial charge < -0.3 is 4.42 Å². The van der Waals surface area contributed by atoms with Crippen molar-refractivity contribution in [3.8, 4) is 0 Å². The third-order valence-corrected chi connectivity index (χ3v) is 3.11. The van der Waals surface area contributed by atoms with E-state index in [4.69, 9.17) is 9.62 Å². The van der Waals surface area contributed by atoms with Gasteiger partial charge in [-0.25, -0.2) is 10.5 Å². The number of allylic oxidation sites excluding steroid dienone is 1. The molecule has 2 heterocycles. The predicted octanol–water partition coefficient (Wildman–Crippen LogP) is 0.898. The summed E-state index contributed by atoms with van der Waals surface area (Å²) in [7, 11) is 1.80. The summed E-state index contributed by atoms with van der Waals surface area (Å²) in [6.07, 6.45) is 4.60. The first-order chi connectivity index (χ1) is 10.7. The van der Waals surface area contributed by atoms with E-state index in [0.29, 0.717) is 12.4 Å². The molecular formula is C14H15N5O3. The second-order valence-electron chi connectivity index (χ2n) is 4.73. The summed E-state index contributed by atoms with van der Waals surface area (Å²) < 4.78 is 5.66. The molecule has 3 N–H and O–H groups in total. The number of aromatic nitrogens is 1. The molecule has 8 heteroatoms. The van der Waals surface area contributed by atoms with Gasteiger partial charge in [-0.3, -0.25) is 20.0 Å². The van der Waals surface area contributed by atoms with E-state index in [-0.39, 0.29) is 0 Å². The van der Waals surface area contributed by atoms with Crippen LogP contribution in [0.1, 0.15) is 5.89 Å². The fourth-order valence-corrected chi connectivity index (χ4v) is 2.09. The van der Waals surface area contributed by atoms with Crippen molar-refractivity contribution in [2.45, 2.75) is 6.54 Å². The highest BCUT2D eigenvalue weighted by Gasteiger charge is 2.17. The normalized spacial score (nSPS) is 14.9. The van der Waals surface area contributed by atoms with E-state index < -0.39 is 5.91 Å². The van der Waals surface area contributed by atoms with Crippen LogP contribution in [0.15, 0.2) is 52.7 Å². The number of carbonyl (C=O) groups excluding carboxylic acids is 1. The molecule has 3 rings (SSSR count). The van der Waals surface area contributed by atoms with Crippen LogP contribution in [0.3, 0.4) is 0 Å². The number of rotatable bonds is 4. The molecule has 0 fully saturated rings. The number of hydrazine groups is 2. The summed E-state index contributed by atoms with van der Waals surface area (Å²) >= 11 is 0. The number of carbonyl (C=O) groups is 1. The molecule has 0 unspecified atom stereocenters. The van der Waals surface area contributed by atoms with Crippen molar-refractivity contribution in [2.24, 2.45) is 0 Å². The van der Waals surface area contributed by atoms with Gasteiger partial charge in [0.15, 0.2) is 5.58 Å². The van der Waals surface area contributed by atoms with Crippen molar-refractivity contribution in [2.75, 3.05) is 7.05 Å². The number of hydrogen-bond acceptors (Lipinski definition) is 7. The number of para-hydroxylation sites is 2. The average molecular weight is 301 g/mol. The molecule has 0 spiro atoms. The molecule has 0 saturated carbocycles. The third kappa shape index (κ3) is 2.92. The van der Waals surface area contributed by atoms with Crippen molar-refractivity contribution in [1.29, 1.82) is 0 Å². The van der Waals surface area contributed by atoms with Gasteiger partial charge in [0.05, 0.1) is 5.70 Å². The van der Waals surface area contributed by atoms with Gasteiger partial charge in [0.1, 0.15) is 12.1 Å². The van der Waals surface area contributed by atoms with Crippen molar-refractivity contribution < 1.29 is 14.4 Å². The zero-order chi connectivity index (χ0) is 15.5. The third-order valence-electron chi connectivity index (χ3n) is 3.11. The van der Waals surface area contributed by atoms with Gasteiger partial charge in [-0.1, -0.05) is 12.1 Å². The van der Waals surface area contributed by atoms with Crippen LogP contribution in [0.25, 0.3) is 11.1 Å². The van der Waals surface area contributed by atoms with E-state index in [9.17, 15) is 4.79 Å². The Morgan fingerprint density at radius 2 is 2.32 bits per heavy atom. The number of nitrogens with zero attached hydrogens (tertiary/aromatic N) is 3. The van der Waals surface area contributed by atoms with Crippen LogP contribution in [0.5, 0.6) is 0 Å². The highest BCUT2D eigenvalue weighted by atomic mass is 16.5. The minimum absolute atomic E-state index is 0.433. The lowest BCUT2D eigenvalue weighted by Crippen LogP contribution is -2.37. The zero-order valence-corrected chi connectivity index (χ0v) is 11.9. The lowest BCUT2D eigenvalue weighted by Gasteiger charge is -2.18. The number of hydrogen-bond donors (Lipinski definition) is 3. The first-order valence-corrected chi connectivity index (χ1v) is 6.61. The Balaban J connectivity index is 1.72. The number of likely N-dealkylation sites (N-methyl/N-ethyl adjacent to an activating group) is 1. The van der Waals surface area contributed by atoms with Crippen LogP contribution in [0, 0.1) is 0 Å². The Morgan fingerprint density at radius 1 is 1.50 bits per heavy atom. The Kier molecular flexibility index (Phi) is 3.77. The van der Waals surface area contributed by atoms with Gasteiger partial charge in [-0.05, 0) is 18.2 Å². The average Bonchev–Trinajstić information content (AvgIpc) is 3.07. The smallest absolute Gasteiger partial charge is 0.267 e. The largest absolute Gasteiger partial charge is 0.439 e. The summed E-state index contributed by atoms with van der Waals surface area (Å²) in [6.45, 7) is 0.433. The van der Waals surface area contributed by atoms with Crippen LogP contribution < -0.4 is 11.0 Å². The standard InChI is InChI=1S/C14H15N5O3/c1-18-10(6-7-13(20)16-21)8-19(17-18)9-14-15-11-4-2-3-5-12(11)22-14/h2-8,17,21H,9H2,1H3,(H,16,20). The molecule has 114 valence electrons. The molecule has 0 bridgehead atoms. The Labute approximate surface area is 126 Å². The zero-order valence-electron chi connectivity index (χ0n) is 11.9. The van der Waals surface area contributed by atoms with Gasteiger partial charge in [0.25, 0.3) is 5.91 Å². The molecule has 1 aromatic carbocycles. The maximum absolute atomic E-state index is 11.0. The SMILES string of the molecule is CN1NN(Cc2nc3ccccc3o2)C=C1C=CC(=O)NO. The fraction of sp³-hybridized carbons (Fsp3) is 0.143. The quantitative estimate of drug-likeness (QED) is 0.439. The number of oxazole rings is 1. The summed E-state index contributed by atoms with van der Waals surface area (Å²) in [5, 5.41) is 12.0. The summed E-state index contributed by atoms with van der Waals surface area (Å²) in [6, 6.07) is 7.57. The molecule has 22 heavy (non-hydrogen) atoms. The Morgan fingerprint density at radius 3 is 3.09 bits per heavy atom. The molecule has 1 aliphatic heterocycles. The molecule has 2 aromatic rings. The maximum Gasteiger partial charge on any atom is 0.267 e. The van der Waals surface area contributed by atoms with Crippen molar-refractivity contribution in [1.82, 2.24) is 26.0 Å². The topological polar surface area (TPSA) is 93.9 Å². The maximum atomic E-state index is 11.0. The lowest BCUT2D eigenvalue weighted by molar-refractivity contribution is -0.124. The highest BCUT2D eigenvalue weighted by molar-refractivity contribution is 5.86. The van der Waals surface area contributed by atoms with E-state index in [1.165, 1.54) is 11.6 Å². The van der Waals surface area contributed by atoms with Gasteiger partial charge in [-0.15, -0.1) is 5.53 Å². The minimum atomic E-state index is -0.591. The monoisotopic (exact) mass is 301 g/mol. The molecule has 1 aliphatic rings. The second-order valence-corrected chi connectivity index (χ2v) is 4.73. The van der Waals surface area contributed by atoms with Crippen LogP contribution in [0.2, 0.25) is 0 Å². The Hall–Kier alpha value is -2.84. The molecule has 8 nitrogen and oxygen atoms in total.